The quantitative estimate of drug-likeness (QED) is 0.795. The highest BCUT2D eigenvalue weighted by atomic mass is 32.2. The SMILES string of the molecule is CC(O)CN1CCN(C(=O)CS(=O)(=O)Cc2cccs2)CC1. The van der Waals surface area contributed by atoms with Gasteiger partial charge in [-0.25, -0.2) is 8.42 Å². The topological polar surface area (TPSA) is 77.9 Å². The van der Waals surface area contributed by atoms with Gasteiger partial charge in [0.15, 0.2) is 9.84 Å². The summed E-state index contributed by atoms with van der Waals surface area (Å²) in [5.74, 6) is -0.826. The van der Waals surface area contributed by atoms with Crippen LogP contribution in [0.15, 0.2) is 17.5 Å². The lowest BCUT2D eigenvalue weighted by molar-refractivity contribution is -0.130. The average molecular weight is 346 g/mol. The number of aliphatic hydroxyl groups excluding tert-OH is 1. The number of amides is 1. The van der Waals surface area contributed by atoms with Crippen LogP contribution in [0.1, 0.15) is 11.8 Å². The molecule has 2 heterocycles. The molecule has 6 nitrogen and oxygen atoms in total. The predicted molar refractivity (Wildman–Crippen MR) is 86.5 cm³/mol. The van der Waals surface area contributed by atoms with Crippen molar-refractivity contribution in [3.05, 3.63) is 22.4 Å². The van der Waals surface area contributed by atoms with Gasteiger partial charge in [-0.15, -0.1) is 11.3 Å². The molecule has 1 aliphatic rings. The van der Waals surface area contributed by atoms with E-state index in [0.717, 1.165) is 4.88 Å². The number of carbonyl (C=O) groups excluding carboxylic acids is 1. The standard InChI is InChI=1S/C14H22N2O4S2/c1-12(17)9-15-4-6-16(7-5-15)14(18)11-22(19,20)10-13-3-2-8-21-13/h2-3,8,12,17H,4-7,9-11H2,1H3. The lowest BCUT2D eigenvalue weighted by Crippen LogP contribution is -2.51. The van der Waals surface area contributed by atoms with E-state index in [0.29, 0.717) is 32.7 Å². The van der Waals surface area contributed by atoms with Crippen LogP contribution in [0, 0.1) is 0 Å². The highest BCUT2D eigenvalue weighted by Crippen LogP contribution is 2.14. The Balaban J connectivity index is 1.83. The van der Waals surface area contributed by atoms with Gasteiger partial charge in [0, 0.05) is 37.6 Å². The Bertz CT molecular complexity index is 576. The number of β-amino-alcohol motifs (C(OH)–C–C–N with tert-alkyl or cyclic N) is 1. The minimum absolute atomic E-state index is 0.0710. The Morgan fingerprint density at radius 3 is 2.59 bits per heavy atom. The van der Waals surface area contributed by atoms with E-state index in [9.17, 15) is 18.3 Å². The Hall–Kier alpha value is -0.960. The van der Waals surface area contributed by atoms with E-state index in [-0.39, 0.29) is 11.7 Å². The van der Waals surface area contributed by atoms with Crippen molar-refractivity contribution in [1.29, 1.82) is 0 Å². The minimum atomic E-state index is -3.42. The number of carbonyl (C=O) groups is 1. The zero-order chi connectivity index (χ0) is 16.2. The summed E-state index contributed by atoms with van der Waals surface area (Å²) in [6.07, 6.45) is -0.395. The molecular weight excluding hydrogens is 324 g/mol. The smallest absolute Gasteiger partial charge is 0.237 e. The van der Waals surface area contributed by atoms with Gasteiger partial charge < -0.3 is 10.0 Å². The fraction of sp³-hybridized carbons (Fsp3) is 0.643. The van der Waals surface area contributed by atoms with Gasteiger partial charge in [0.2, 0.25) is 5.91 Å². The minimum Gasteiger partial charge on any atom is -0.392 e. The van der Waals surface area contributed by atoms with E-state index < -0.39 is 21.7 Å². The number of hydrogen-bond acceptors (Lipinski definition) is 6. The second kappa shape index (κ2) is 7.54. The summed E-state index contributed by atoms with van der Waals surface area (Å²) in [7, 11) is -3.42. The Labute approximate surface area is 135 Å². The van der Waals surface area contributed by atoms with Crippen LogP contribution in [0.3, 0.4) is 0 Å². The first kappa shape index (κ1) is 17.4. The molecule has 1 unspecified atom stereocenters. The van der Waals surface area contributed by atoms with Crippen molar-refractivity contribution in [1.82, 2.24) is 9.80 Å². The van der Waals surface area contributed by atoms with Gasteiger partial charge in [0.1, 0.15) is 5.75 Å². The molecule has 1 saturated heterocycles. The van der Waals surface area contributed by atoms with Crippen molar-refractivity contribution in [3.8, 4) is 0 Å². The second-order valence-corrected chi connectivity index (χ2v) is 8.74. The number of nitrogens with zero attached hydrogens (tertiary/aromatic N) is 2. The number of rotatable bonds is 6. The van der Waals surface area contributed by atoms with Crippen LogP contribution in [-0.2, 0) is 20.4 Å². The molecule has 0 bridgehead atoms. The molecule has 1 aromatic rings. The van der Waals surface area contributed by atoms with Crippen LogP contribution < -0.4 is 0 Å². The summed E-state index contributed by atoms with van der Waals surface area (Å²) in [5, 5.41) is 11.2. The maximum atomic E-state index is 12.2. The first-order chi connectivity index (χ1) is 10.4. The third kappa shape index (κ3) is 5.35. The molecule has 0 spiro atoms. The van der Waals surface area contributed by atoms with E-state index in [4.69, 9.17) is 0 Å². The summed E-state index contributed by atoms with van der Waals surface area (Å²) in [6.45, 7) is 4.68. The number of aliphatic hydroxyl groups is 1. The number of thiophene rings is 1. The zero-order valence-corrected chi connectivity index (χ0v) is 14.3. The molecule has 1 amide bonds. The summed E-state index contributed by atoms with van der Waals surface area (Å²) in [4.78, 5) is 16.6. The lowest BCUT2D eigenvalue weighted by Gasteiger charge is -2.35. The highest BCUT2D eigenvalue weighted by molar-refractivity contribution is 7.91. The van der Waals surface area contributed by atoms with Gasteiger partial charge in [0.05, 0.1) is 11.9 Å². The van der Waals surface area contributed by atoms with E-state index in [1.807, 2.05) is 5.38 Å². The first-order valence-corrected chi connectivity index (χ1v) is 9.97. The van der Waals surface area contributed by atoms with Crippen molar-refractivity contribution in [2.75, 3.05) is 38.5 Å². The van der Waals surface area contributed by atoms with Crippen LogP contribution >= 0.6 is 11.3 Å². The van der Waals surface area contributed by atoms with Crippen molar-refractivity contribution in [3.63, 3.8) is 0 Å². The highest BCUT2D eigenvalue weighted by Gasteiger charge is 2.26. The average Bonchev–Trinajstić information content (AvgIpc) is 2.90. The van der Waals surface area contributed by atoms with E-state index in [1.165, 1.54) is 11.3 Å². The maximum absolute atomic E-state index is 12.2. The van der Waals surface area contributed by atoms with Gasteiger partial charge >= 0.3 is 0 Å². The number of sulfone groups is 1. The van der Waals surface area contributed by atoms with E-state index in [2.05, 4.69) is 4.90 Å². The summed E-state index contributed by atoms with van der Waals surface area (Å²) in [5.41, 5.74) is 0. The molecule has 1 aliphatic heterocycles. The van der Waals surface area contributed by atoms with Crippen molar-refractivity contribution < 1.29 is 18.3 Å². The molecule has 1 N–H and O–H groups in total. The molecule has 2 rings (SSSR count). The zero-order valence-electron chi connectivity index (χ0n) is 12.6. The van der Waals surface area contributed by atoms with Gasteiger partial charge in [-0.1, -0.05) is 6.07 Å². The first-order valence-electron chi connectivity index (χ1n) is 7.27. The summed E-state index contributed by atoms with van der Waals surface area (Å²) < 4.78 is 24.2. The molecule has 0 saturated carbocycles. The van der Waals surface area contributed by atoms with Gasteiger partial charge in [0.25, 0.3) is 0 Å². The molecule has 22 heavy (non-hydrogen) atoms. The third-order valence-corrected chi connectivity index (χ3v) is 6.03. The summed E-state index contributed by atoms with van der Waals surface area (Å²) in [6, 6.07) is 3.57. The van der Waals surface area contributed by atoms with Crippen LogP contribution in [-0.4, -0.2) is 73.8 Å². The van der Waals surface area contributed by atoms with Gasteiger partial charge in [-0.2, -0.15) is 0 Å². The second-order valence-electron chi connectivity index (χ2n) is 5.64. The maximum Gasteiger partial charge on any atom is 0.237 e. The number of piperazine rings is 1. The molecule has 0 aliphatic carbocycles. The lowest BCUT2D eigenvalue weighted by atomic mass is 10.3. The number of hydrogen-bond donors (Lipinski definition) is 1. The van der Waals surface area contributed by atoms with E-state index in [1.54, 1.807) is 24.0 Å². The largest absolute Gasteiger partial charge is 0.392 e. The summed E-state index contributed by atoms with van der Waals surface area (Å²) >= 11 is 1.38. The molecule has 0 radical (unpaired) electrons. The third-order valence-electron chi connectivity index (χ3n) is 3.53. The molecule has 8 heteroatoms. The monoisotopic (exact) mass is 346 g/mol. The van der Waals surface area contributed by atoms with Gasteiger partial charge in [-0.3, -0.25) is 9.69 Å². The van der Waals surface area contributed by atoms with Crippen LogP contribution in [0.5, 0.6) is 0 Å². The predicted octanol–water partition coefficient (Wildman–Crippen LogP) is 0.188. The fourth-order valence-corrected chi connectivity index (χ4v) is 4.99. The van der Waals surface area contributed by atoms with Crippen molar-refractivity contribution in [2.45, 2.75) is 18.8 Å². The molecule has 124 valence electrons. The molecule has 1 atom stereocenters. The van der Waals surface area contributed by atoms with Crippen molar-refractivity contribution >= 4 is 27.1 Å². The molecule has 0 aromatic carbocycles. The molecule has 1 aromatic heterocycles. The van der Waals surface area contributed by atoms with Crippen molar-refractivity contribution in [2.24, 2.45) is 0 Å². The normalized spacial score (nSPS) is 18.4. The van der Waals surface area contributed by atoms with Crippen LogP contribution in [0.2, 0.25) is 0 Å². The molecular formula is C14H22N2O4S2. The van der Waals surface area contributed by atoms with Gasteiger partial charge in [-0.05, 0) is 18.4 Å². The Kier molecular flexibility index (Phi) is 5.96. The van der Waals surface area contributed by atoms with Crippen LogP contribution in [0.4, 0.5) is 0 Å². The Morgan fingerprint density at radius 2 is 2.05 bits per heavy atom. The fourth-order valence-electron chi connectivity index (χ4n) is 2.50. The van der Waals surface area contributed by atoms with Crippen LogP contribution in [0.25, 0.3) is 0 Å². The van der Waals surface area contributed by atoms with E-state index >= 15 is 0 Å². The Morgan fingerprint density at radius 1 is 1.36 bits per heavy atom. The molecule has 1 fully saturated rings.